The monoisotopic (exact) mass is 830 g/mol. The molecule has 0 saturated heterocycles. The lowest BCUT2D eigenvalue weighted by Crippen LogP contribution is -2.16. The van der Waals surface area contributed by atoms with Crippen LogP contribution in [0.1, 0.15) is 20.7 Å². The van der Waals surface area contributed by atoms with Crippen LogP contribution in [-0.2, 0) is 47.4 Å². The van der Waals surface area contributed by atoms with E-state index in [1.54, 1.807) is 12.1 Å². The summed E-state index contributed by atoms with van der Waals surface area (Å²) < 4.78 is 76.3. The first-order valence-corrected chi connectivity index (χ1v) is 19.3. The molecule has 2 aromatic rings. The topological polar surface area (TPSA) is 204 Å². The number of hydrogen-bond acceptors (Lipinski definition) is 18. The molecule has 0 spiro atoms. The molecule has 18 heteroatoms. The molecule has 0 bridgehead atoms. The molecule has 0 heterocycles. The molecule has 330 valence electrons. The van der Waals surface area contributed by atoms with Crippen molar-refractivity contribution >= 4 is 11.6 Å². The van der Waals surface area contributed by atoms with Gasteiger partial charge in [-0.05, 0) is 36.4 Å². The maximum Gasteiger partial charge on any atom is 0.233 e. The van der Waals surface area contributed by atoms with Gasteiger partial charge in [-0.15, -0.1) is 0 Å². The number of aliphatic hydroxyl groups excluding tert-OH is 2. The van der Waals surface area contributed by atoms with E-state index < -0.39 is 11.6 Å². The fraction of sp³-hybridized carbons (Fsp3) is 0.650. The number of carbonyl (C=O) groups excluding carboxylic acids is 2. The molecule has 0 aliphatic carbocycles. The number of methoxy groups -OCH3 is 2. The zero-order chi connectivity index (χ0) is 41.7. The van der Waals surface area contributed by atoms with E-state index in [2.05, 4.69) is 0 Å². The Hall–Kier alpha value is -3.50. The minimum atomic E-state index is -0.736. The number of ketones is 2. The Labute approximate surface area is 340 Å². The van der Waals surface area contributed by atoms with Crippen LogP contribution in [-0.4, -0.2) is 195 Å². The Kier molecular flexibility index (Phi) is 30.9. The second-order valence-corrected chi connectivity index (χ2v) is 11.7. The van der Waals surface area contributed by atoms with Crippen LogP contribution in [0.3, 0.4) is 0 Å². The number of carbonyl (C=O) groups is 2. The Morgan fingerprint density at radius 2 is 0.603 bits per heavy atom. The highest BCUT2D eigenvalue weighted by molar-refractivity contribution is 6.49. The van der Waals surface area contributed by atoms with Crippen molar-refractivity contribution in [2.24, 2.45) is 0 Å². The van der Waals surface area contributed by atoms with E-state index in [0.29, 0.717) is 130 Å². The van der Waals surface area contributed by atoms with Crippen molar-refractivity contribution in [1.29, 1.82) is 0 Å². The zero-order valence-electron chi connectivity index (χ0n) is 33.9. The summed E-state index contributed by atoms with van der Waals surface area (Å²) in [6.07, 6.45) is 0. The van der Waals surface area contributed by atoms with Crippen LogP contribution >= 0.6 is 0 Å². The van der Waals surface area contributed by atoms with Crippen LogP contribution in [0, 0.1) is 0 Å². The van der Waals surface area contributed by atoms with Crippen molar-refractivity contribution in [2.45, 2.75) is 0 Å². The highest BCUT2D eigenvalue weighted by Crippen LogP contribution is 2.31. The van der Waals surface area contributed by atoms with Crippen molar-refractivity contribution in [2.75, 3.05) is 173 Å². The van der Waals surface area contributed by atoms with E-state index in [1.165, 1.54) is 38.5 Å². The summed E-state index contributed by atoms with van der Waals surface area (Å²) in [7, 11) is 2.96. The molecule has 0 unspecified atom stereocenters. The quantitative estimate of drug-likeness (QED) is 0.0556. The van der Waals surface area contributed by atoms with Crippen LogP contribution in [0.4, 0.5) is 0 Å². The predicted octanol–water partition coefficient (Wildman–Crippen LogP) is 1.68. The summed E-state index contributed by atoms with van der Waals surface area (Å²) in [5.74, 6) is -0.106. The molecule has 18 nitrogen and oxygen atoms in total. The lowest BCUT2D eigenvalue weighted by molar-refractivity contribution is -0.0147. The highest BCUT2D eigenvalue weighted by atomic mass is 16.6. The lowest BCUT2D eigenvalue weighted by Gasteiger charge is -2.13. The maximum absolute atomic E-state index is 13.3. The number of hydrogen-bond donors (Lipinski definition) is 2. The Morgan fingerprint density at radius 1 is 0.362 bits per heavy atom. The maximum atomic E-state index is 13.3. The molecule has 0 fully saturated rings. The van der Waals surface area contributed by atoms with Crippen LogP contribution in [0.15, 0.2) is 36.4 Å². The second-order valence-electron chi connectivity index (χ2n) is 11.7. The number of Topliss-reactive ketones (excluding diaryl/α,β-unsaturated/α-hetero) is 2. The molecule has 2 N–H and O–H groups in total. The standard InChI is InChI=1S/C40H62O18/c1-45-35-5-3-33(31-37(35)57-29-27-55-25-23-53-21-19-51-17-15-49-13-11-47-9-7-41)39(43)40(44)34-4-6-36(46-2)38(32-34)58-30-28-56-26-24-54-22-20-52-18-16-50-14-12-48-10-8-42/h3-6,31-32,41-42H,7-30H2,1-2H3. The van der Waals surface area contributed by atoms with E-state index in [4.69, 9.17) is 76.5 Å². The number of rotatable bonds is 41. The molecule has 0 aliphatic heterocycles. The van der Waals surface area contributed by atoms with E-state index in [9.17, 15) is 9.59 Å². The van der Waals surface area contributed by atoms with Crippen molar-refractivity contribution < 1.29 is 86.1 Å². The second kappa shape index (κ2) is 35.4. The van der Waals surface area contributed by atoms with E-state index in [-0.39, 0.29) is 62.3 Å². The van der Waals surface area contributed by atoms with Gasteiger partial charge in [0.05, 0.1) is 160 Å². The molecule has 0 aromatic heterocycles. The molecule has 2 aromatic carbocycles. The van der Waals surface area contributed by atoms with Gasteiger partial charge in [-0.25, -0.2) is 0 Å². The van der Waals surface area contributed by atoms with E-state index in [1.807, 2.05) is 0 Å². The molecule has 0 aliphatic rings. The third-order valence-corrected chi connectivity index (χ3v) is 7.48. The smallest absolute Gasteiger partial charge is 0.233 e. The minimum absolute atomic E-state index is 0.00653. The average Bonchev–Trinajstić information content (AvgIpc) is 3.25. The van der Waals surface area contributed by atoms with Crippen molar-refractivity contribution in [1.82, 2.24) is 0 Å². The van der Waals surface area contributed by atoms with Gasteiger partial charge in [0, 0.05) is 11.1 Å². The van der Waals surface area contributed by atoms with Crippen molar-refractivity contribution in [3.05, 3.63) is 47.5 Å². The normalized spacial score (nSPS) is 11.2. The highest BCUT2D eigenvalue weighted by Gasteiger charge is 2.22. The Morgan fingerprint density at radius 3 is 0.845 bits per heavy atom. The molecule has 58 heavy (non-hydrogen) atoms. The van der Waals surface area contributed by atoms with Gasteiger partial charge in [0.1, 0.15) is 13.2 Å². The summed E-state index contributed by atoms with van der Waals surface area (Å²) >= 11 is 0. The van der Waals surface area contributed by atoms with Crippen LogP contribution in [0.2, 0.25) is 0 Å². The van der Waals surface area contributed by atoms with Gasteiger partial charge in [0.15, 0.2) is 23.0 Å². The van der Waals surface area contributed by atoms with Gasteiger partial charge in [-0.1, -0.05) is 0 Å². The number of benzene rings is 2. The third kappa shape index (κ3) is 23.8. The summed E-state index contributed by atoms with van der Waals surface area (Å²) in [6.45, 7) is 8.08. The fourth-order valence-corrected chi connectivity index (χ4v) is 4.64. The van der Waals surface area contributed by atoms with Gasteiger partial charge in [0.25, 0.3) is 0 Å². The first kappa shape index (κ1) is 50.6. The fourth-order valence-electron chi connectivity index (χ4n) is 4.64. The summed E-state index contributed by atoms with van der Waals surface area (Å²) in [5, 5.41) is 17.3. The van der Waals surface area contributed by atoms with Crippen LogP contribution < -0.4 is 18.9 Å². The molecule has 0 saturated carbocycles. The van der Waals surface area contributed by atoms with E-state index in [0.717, 1.165) is 0 Å². The molecule has 0 amide bonds. The van der Waals surface area contributed by atoms with Gasteiger partial charge < -0.3 is 76.5 Å². The molecular weight excluding hydrogens is 768 g/mol. The first-order valence-electron chi connectivity index (χ1n) is 19.3. The summed E-state index contributed by atoms with van der Waals surface area (Å²) in [6, 6.07) is 9.04. The zero-order valence-corrected chi connectivity index (χ0v) is 33.9. The van der Waals surface area contributed by atoms with Crippen molar-refractivity contribution in [3.8, 4) is 23.0 Å². The lowest BCUT2D eigenvalue weighted by atomic mass is 10.0. The van der Waals surface area contributed by atoms with Crippen molar-refractivity contribution in [3.63, 3.8) is 0 Å². The number of ether oxygens (including phenoxy) is 14. The van der Waals surface area contributed by atoms with Gasteiger partial charge >= 0.3 is 0 Å². The molecular formula is C40H62O18. The van der Waals surface area contributed by atoms with Gasteiger partial charge in [-0.2, -0.15) is 0 Å². The molecule has 2 rings (SSSR count). The molecule has 0 radical (unpaired) electrons. The molecule has 0 atom stereocenters. The Balaban J connectivity index is 1.64. The Bertz CT molecular complexity index is 1230. The summed E-state index contributed by atoms with van der Waals surface area (Å²) in [5.41, 5.74) is 0.254. The third-order valence-electron chi connectivity index (χ3n) is 7.48. The minimum Gasteiger partial charge on any atom is -0.493 e. The first-order chi connectivity index (χ1) is 28.5. The summed E-state index contributed by atoms with van der Waals surface area (Å²) in [4.78, 5) is 26.6. The van der Waals surface area contributed by atoms with Gasteiger partial charge in [0.2, 0.25) is 11.6 Å². The van der Waals surface area contributed by atoms with Crippen LogP contribution in [0.25, 0.3) is 0 Å². The SMILES string of the molecule is COc1ccc(C(=O)C(=O)c2ccc(OC)c(OCCOCCOCCOCCOCCOCCO)c2)cc1OCCOCCOCCOCCOCCOCCO. The van der Waals surface area contributed by atoms with E-state index >= 15 is 0 Å². The van der Waals surface area contributed by atoms with Gasteiger partial charge in [-0.3, -0.25) is 9.59 Å². The number of aliphatic hydroxyl groups is 2. The average molecular weight is 831 g/mol. The largest absolute Gasteiger partial charge is 0.493 e. The predicted molar refractivity (Wildman–Crippen MR) is 208 cm³/mol. The van der Waals surface area contributed by atoms with Crippen LogP contribution in [0.5, 0.6) is 23.0 Å².